The van der Waals surface area contributed by atoms with E-state index in [1.807, 2.05) is 11.7 Å². The Morgan fingerprint density at radius 2 is 2.27 bits per heavy atom. The van der Waals surface area contributed by atoms with Crippen molar-refractivity contribution in [2.75, 3.05) is 20.8 Å². The van der Waals surface area contributed by atoms with Gasteiger partial charge in [0.05, 0.1) is 17.4 Å². The van der Waals surface area contributed by atoms with Gasteiger partial charge in [-0.05, 0) is 27.3 Å². The topological polar surface area (TPSA) is 52.0 Å². The molecule has 0 aliphatic carbocycles. The molecular weight excluding hydrogens is 192 g/mol. The first kappa shape index (κ1) is 12.1. The van der Waals surface area contributed by atoms with Crippen LogP contribution in [0.4, 0.5) is 0 Å². The third kappa shape index (κ3) is 3.00. The van der Waals surface area contributed by atoms with Gasteiger partial charge in [-0.15, -0.1) is 5.10 Å². The first-order valence-electron chi connectivity index (χ1n) is 5.25. The number of nitrogens with zero attached hydrogens (tertiary/aromatic N) is 3. The minimum Gasteiger partial charge on any atom is -0.385 e. The van der Waals surface area contributed by atoms with Crippen molar-refractivity contribution in [2.45, 2.75) is 32.9 Å². The van der Waals surface area contributed by atoms with Gasteiger partial charge in [0.1, 0.15) is 0 Å². The summed E-state index contributed by atoms with van der Waals surface area (Å²) >= 11 is 0. The molecule has 0 bridgehead atoms. The zero-order chi connectivity index (χ0) is 11.3. The number of ether oxygens (including phenoxy) is 1. The second kappa shape index (κ2) is 5.82. The van der Waals surface area contributed by atoms with E-state index < -0.39 is 0 Å². The maximum Gasteiger partial charge on any atom is 0.0993 e. The Balaban J connectivity index is 2.68. The summed E-state index contributed by atoms with van der Waals surface area (Å²) < 4.78 is 7.02. The van der Waals surface area contributed by atoms with Crippen molar-refractivity contribution in [3.8, 4) is 0 Å². The molecule has 0 aliphatic rings. The standard InChI is InChI=1S/C10H20N4O/c1-8(5-6-15-4)14-9(2)10(7-11-3)12-13-14/h8,11H,5-7H2,1-4H3. The molecule has 0 spiro atoms. The number of rotatable bonds is 6. The molecule has 5 heteroatoms. The third-order valence-corrected chi connectivity index (χ3v) is 2.52. The van der Waals surface area contributed by atoms with Crippen molar-refractivity contribution >= 4 is 0 Å². The van der Waals surface area contributed by atoms with E-state index >= 15 is 0 Å². The second-order valence-corrected chi connectivity index (χ2v) is 3.73. The predicted octanol–water partition coefficient (Wildman–Crippen LogP) is 0.903. The Labute approximate surface area is 90.8 Å². The van der Waals surface area contributed by atoms with Crippen molar-refractivity contribution in [2.24, 2.45) is 0 Å². The van der Waals surface area contributed by atoms with E-state index in [0.717, 1.165) is 31.0 Å². The van der Waals surface area contributed by atoms with Crippen LogP contribution >= 0.6 is 0 Å². The lowest BCUT2D eigenvalue weighted by molar-refractivity contribution is 0.178. The summed E-state index contributed by atoms with van der Waals surface area (Å²) in [5.41, 5.74) is 2.15. The average Bonchev–Trinajstić information content (AvgIpc) is 2.58. The van der Waals surface area contributed by atoms with E-state index in [-0.39, 0.29) is 0 Å². The Kier molecular flexibility index (Phi) is 4.71. The minimum atomic E-state index is 0.336. The zero-order valence-electron chi connectivity index (χ0n) is 9.95. The number of aromatic nitrogens is 3. The van der Waals surface area contributed by atoms with E-state index in [0.29, 0.717) is 6.04 Å². The summed E-state index contributed by atoms with van der Waals surface area (Å²) in [6.07, 6.45) is 0.958. The van der Waals surface area contributed by atoms with Crippen molar-refractivity contribution in [1.82, 2.24) is 20.3 Å². The van der Waals surface area contributed by atoms with Crippen LogP contribution in [0.3, 0.4) is 0 Å². The molecule has 0 radical (unpaired) electrons. The maximum absolute atomic E-state index is 5.05. The summed E-state index contributed by atoms with van der Waals surface area (Å²) in [6, 6.07) is 0.336. The van der Waals surface area contributed by atoms with Crippen molar-refractivity contribution in [1.29, 1.82) is 0 Å². The lowest BCUT2D eigenvalue weighted by Crippen LogP contribution is -2.12. The fourth-order valence-electron chi connectivity index (χ4n) is 1.53. The molecule has 15 heavy (non-hydrogen) atoms. The molecule has 0 amide bonds. The normalized spacial score (nSPS) is 13.1. The van der Waals surface area contributed by atoms with E-state index in [1.165, 1.54) is 0 Å². The van der Waals surface area contributed by atoms with E-state index in [4.69, 9.17) is 4.74 Å². The number of nitrogens with one attached hydrogen (secondary N) is 1. The molecule has 0 aromatic carbocycles. The first-order chi connectivity index (χ1) is 7.20. The van der Waals surface area contributed by atoms with Gasteiger partial charge in [0.2, 0.25) is 0 Å². The molecule has 1 unspecified atom stereocenters. The van der Waals surface area contributed by atoms with Crippen LogP contribution in [-0.4, -0.2) is 35.8 Å². The van der Waals surface area contributed by atoms with Gasteiger partial charge in [0, 0.05) is 20.3 Å². The summed E-state index contributed by atoms with van der Waals surface area (Å²) in [5, 5.41) is 11.4. The monoisotopic (exact) mass is 212 g/mol. The Hall–Kier alpha value is -0.940. The van der Waals surface area contributed by atoms with Gasteiger partial charge >= 0.3 is 0 Å². The fourth-order valence-corrected chi connectivity index (χ4v) is 1.53. The molecular formula is C10H20N4O. The number of hydrogen-bond donors (Lipinski definition) is 1. The second-order valence-electron chi connectivity index (χ2n) is 3.73. The van der Waals surface area contributed by atoms with Crippen LogP contribution < -0.4 is 5.32 Å². The minimum absolute atomic E-state index is 0.336. The van der Waals surface area contributed by atoms with Gasteiger partial charge in [-0.2, -0.15) is 0 Å². The van der Waals surface area contributed by atoms with Crippen LogP contribution in [0, 0.1) is 6.92 Å². The van der Waals surface area contributed by atoms with Crippen LogP contribution in [0.25, 0.3) is 0 Å². The molecule has 0 aliphatic heterocycles. The smallest absolute Gasteiger partial charge is 0.0993 e. The van der Waals surface area contributed by atoms with E-state index in [1.54, 1.807) is 7.11 Å². The highest BCUT2D eigenvalue weighted by Gasteiger charge is 2.12. The molecule has 0 fully saturated rings. The molecule has 86 valence electrons. The highest BCUT2D eigenvalue weighted by Crippen LogP contribution is 2.13. The van der Waals surface area contributed by atoms with E-state index in [9.17, 15) is 0 Å². The zero-order valence-corrected chi connectivity index (χ0v) is 9.95. The molecule has 5 nitrogen and oxygen atoms in total. The highest BCUT2D eigenvalue weighted by molar-refractivity contribution is 5.08. The van der Waals surface area contributed by atoms with Crippen LogP contribution in [0.2, 0.25) is 0 Å². The van der Waals surface area contributed by atoms with Gasteiger partial charge in [0.15, 0.2) is 0 Å². The summed E-state index contributed by atoms with van der Waals surface area (Å²) in [4.78, 5) is 0. The third-order valence-electron chi connectivity index (χ3n) is 2.52. The molecule has 1 heterocycles. The van der Waals surface area contributed by atoms with Gasteiger partial charge < -0.3 is 10.1 Å². The van der Waals surface area contributed by atoms with Gasteiger partial charge in [-0.3, -0.25) is 0 Å². The summed E-state index contributed by atoms with van der Waals surface area (Å²) in [5.74, 6) is 0. The van der Waals surface area contributed by atoms with Crippen LogP contribution in [0.1, 0.15) is 30.8 Å². The molecule has 1 atom stereocenters. The maximum atomic E-state index is 5.05. The van der Waals surface area contributed by atoms with Crippen LogP contribution in [0.5, 0.6) is 0 Å². The van der Waals surface area contributed by atoms with Crippen molar-refractivity contribution in [3.63, 3.8) is 0 Å². The van der Waals surface area contributed by atoms with Crippen molar-refractivity contribution in [3.05, 3.63) is 11.4 Å². The summed E-state index contributed by atoms with van der Waals surface area (Å²) in [7, 11) is 3.63. The first-order valence-corrected chi connectivity index (χ1v) is 5.25. The SMILES string of the molecule is CNCc1nnn(C(C)CCOC)c1C. The number of methoxy groups -OCH3 is 1. The average molecular weight is 212 g/mol. The van der Waals surface area contributed by atoms with Crippen molar-refractivity contribution < 1.29 is 4.74 Å². The Morgan fingerprint density at radius 1 is 1.53 bits per heavy atom. The van der Waals surface area contributed by atoms with E-state index in [2.05, 4.69) is 29.5 Å². The molecule has 1 aromatic heterocycles. The van der Waals surface area contributed by atoms with Gasteiger partial charge in [0.25, 0.3) is 0 Å². The van der Waals surface area contributed by atoms with Crippen LogP contribution in [-0.2, 0) is 11.3 Å². The Morgan fingerprint density at radius 3 is 2.87 bits per heavy atom. The lowest BCUT2D eigenvalue weighted by atomic mass is 10.2. The quantitative estimate of drug-likeness (QED) is 0.761. The molecule has 0 saturated carbocycles. The molecule has 1 N–H and O–H groups in total. The fraction of sp³-hybridized carbons (Fsp3) is 0.800. The highest BCUT2D eigenvalue weighted by atomic mass is 16.5. The lowest BCUT2D eigenvalue weighted by Gasteiger charge is -2.12. The number of hydrogen-bond acceptors (Lipinski definition) is 4. The molecule has 0 saturated heterocycles. The Bertz CT molecular complexity index is 298. The van der Waals surface area contributed by atoms with Crippen LogP contribution in [0.15, 0.2) is 0 Å². The largest absolute Gasteiger partial charge is 0.385 e. The molecule has 1 aromatic rings. The van der Waals surface area contributed by atoms with Gasteiger partial charge in [-0.25, -0.2) is 4.68 Å². The van der Waals surface area contributed by atoms with Gasteiger partial charge in [-0.1, -0.05) is 5.21 Å². The summed E-state index contributed by atoms with van der Waals surface area (Å²) in [6.45, 7) is 5.70. The predicted molar refractivity (Wildman–Crippen MR) is 58.7 cm³/mol. The molecule has 1 rings (SSSR count).